The van der Waals surface area contributed by atoms with Crippen LogP contribution in [0.5, 0.6) is 0 Å². The third-order valence-corrected chi connectivity index (χ3v) is 9.61. The average molecular weight is 659 g/mol. The number of halogens is 3. The highest BCUT2D eigenvalue weighted by Crippen LogP contribution is 2.44. The molecule has 0 saturated heterocycles. The summed E-state index contributed by atoms with van der Waals surface area (Å²) in [7, 11) is 0. The van der Waals surface area contributed by atoms with E-state index in [0.29, 0.717) is 11.4 Å². The van der Waals surface area contributed by atoms with Crippen molar-refractivity contribution in [2.24, 2.45) is 0 Å². The van der Waals surface area contributed by atoms with E-state index in [-0.39, 0.29) is 22.3 Å². The van der Waals surface area contributed by atoms with Gasteiger partial charge in [-0.25, -0.2) is 0 Å². The number of aryl methyl sites for hydroxylation is 4. The lowest BCUT2D eigenvalue weighted by molar-refractivity contribution is -0.137. The monoisotopic (exact) mass is 658 g/mol. The van der Waals surface area contributed by atoms with Crippen LogP contribution in [0.4, 0.5) is 13.2 Å². The number of alkyl halides is 3. The van der Waals surface area contributed by atoms with Crippen molar-refractivity contribution in [1.29, 1.82) is 10.5 Å². The van der Waals surface area contributed by atoms with Gasteiger partial charge in [0, 0.05) is 27.1 Å². The van der Waals surface area contributed by atoms with Gasteiger partial charge in [-0.1, -0.05) is 52.6 Å². The fraction of sp³-hybridized carbons (Fsp3) is 0.116. The largest absolute Gasteiger partial charge is 0.417 e. The maximum absolute atomic E-state index is 14.7. The lowest BCUT2D eigenvalue weighted by atomic mass is 9.92. The van der Waals surface area contributed by atoms with Crippen LogP contribution in [-0.2, 0) is 6.18 Å². The Bertz CT molecular complexity index is 2700. The third kappa shape index (κ3) is 4.74. The Morgan fingerprint density at radius 3 is 1.28 bits per heavy atom. The quantitative estimate of drug-likeness (QED) is 0.190. The van der Waals surface area contributed by atoms with E-state index in [2.05, 4.69) is 51.6 Å². The molecule has 0 radical (unpaired) electrons. The highest BCUT2D eigenvalue weighted by atomic mass is 19.4. The summed E-state index contributed by atoms with van der Waals surface area (Å²) in [5.74, 6) is 0. The van der Waals surface area contributed by atoms with Gasteiger partial charge in [0.1, 0.15) is 0 Å². The van der Waals surface area contributed by atoms with E-state index in [1.54, 1.807) is 12.1 Å². The number of fused-ring (bicyclic) bond motifs is 6. The van der Waals surface area contributed by atoms with Crippen molar-refractivity contribution >= 4 is 43.6 Å². The summed E-state index contributed by atoms with van der Waals surface area (Å²) in [6.07, 6.45) is -4.77. The summed E-state index contributed by atoms with van der Waals surface area (Å²) in [6.45, 7) is 8.17. The minimum atomic E-state index is -4.77. The topological polar surface area (TPSA) is 57.4 Å². The van der Waals surface area contributed by atoms with E-state index in [0.717, 1.165) is 71.9 Å². The summed E-state index contributed by atoms with van der Waals surface area (Å²) in [5, 5.41) is 24.2. The lowest BCUT2D eigenvalue weighted by Crippen LogP contribution is -2.10. The number of benzene rings is 6. The second kappa shape index (κ2) is 11.1. The van der Waals surface area contributed by atoms with E-state index in [9.17, 15) is 23.7 Å². The zero-order chi connectivity index (χ0) is 35.1. The van der Waals surface area contributed by atoms with Gasteiger partial charge >= 0.3 is 6.18 Å². The first kappa shape index (κ1) is 31.0. The molecule has 0 aliphatic heterocycles. The molecule has 0 aliphatic carbocycles. The average Bonchev–Trinajstić information content (AvgIpc) is 3.57. The van der Waals surface area contributed by atoms with Gasteiger partial charge in [-0.05, 0) is 106 Å². The zero-order valence-corrected chi connectivity index (χ0v) is 27.7. The van der Waals surface area contributed by atoms with Crippen molar-refractivity contribution in [3.63, 3.8) is 0 Å². The molecule has 0 fully saturated rings. The summed E-state index contributed by atoms with van der Waals surface area (Å²) >= 11 is 0. The Hall–Kier alpha value is -6.31. The van der Waals surface area contributed by atoms with Crippen LogP contribution < -0.4 is 0 Å². The molecule has 0 N–H and O–H groups in total. The summed E-state index contributed by atoms with van der Waals surface area (Å²) < 4.78 is 48.2. The normalized spacial score (nSPS) is 11.9. The highest BCUT2D eigenvalue weighted by Gasteiger charge is 2.35. The van der Waals surface area contributed by atoms with Gasteiger partial charge in [-0.2, -0.15) is 23.7 Å². The molecular weight excluding hydrogens is 629 g/mol. The molecular formula is C43H29F3N4. The maximum atomic E-state index is 14.7. The van der Waals surface area contributed by atoms with Gasteiger partial charge in [0.2, 0.25) is 0 Å². The second-order valence-corrected chi connectivity index (χ2v) is 13.1. The molecule has 242 valence electrons. The molecule has 7 heteroatoms. The van der Waals surface area contributed by atoms with Crippen LogP contribution in [0.15, 0.2) is 103 Å². The Morgan fingerprint density at radius 2 is 0.900 bits per heavy atom. The molecule has 0 atom stereocenters. The Kier molecular flexibility index (Phi) is 6.89. The molecule has 0 spiro atoms. The van der Waals surface area contributed by atoms with Crippen molar-refractivity contribution in [1.82, 2.24) is 9.13 Å². The fourth-order valence-corrected chi connectivity index (χ4v) is 7.35. The van der Waals surface area contributed by atoms with Crippen LogP contribution in [0.1, 0.15) is 38.9 Å². The van der Waals surface area contributed by atoms with Crippen LogP contribution in [0.25, 0.3) is 66.1 Å². The molecule has 2 aromatic heterocycles. The van der Waals surface area contributed by atoms with E-state index >= 15 is 0 Å². The zero-order valence-electron chi connectivity index (χ0n) is 27.7. The van der Waals surface area contributed by atoms with E-state index < -0.39 is 11.7 Å². The molecule has 0 bridgehead atoms. The molecule has 6 aromatic carbocycles. The maximum Gasteiger partial charge on any atom is 0.417 e. The molecule has 8 rings (SSSR count). The Balaban J connectivity index is 1.59. The molecule has 0 saturated carbocycles. The standard InChI is InChI=1S/C43H29F3N4/c1-24-5-11-37-32(15-24)33-16-25(2)6-12-38(33)49(37)41-20-29(23-48)31(30-10-9-28(22-47)19-36(30)43(44,45)46)21-42(41)50-39-13-7-26(3)17-34(39)35-18-27(4)8-14-40(35)50/h5-21H,1-4H3. The molecule has 0 unspecified atom stereocenters. The number of nitriles is 2. The first-order valence-electron chi connectivity index (χ1n) is 16.2. The van der Waals surface area contributed by atoms with Gasteiger partial charge in [-0.3, -0.25) is 0 Å². The highest BCUT2D eigenvalue weighted by molar-refractivity contribution is 6.12. The lowest BCUT2D eigenvalue weighted by Gasteiger charge is -2.21. The summed E-state index contributed by atoms with van der Waals surface area (Å²) in [6, 6.07) is 35.9. The van der Waals surface area contributed by atoms with Gasteiger partial charge in [0.15, 0.2) is 0 Å². The van der Waals surface area contributed by atoms with E-state index in [4.69, 9.17) is 0 Å². The van der Waals surface area contributed by atoms with Crippen LogP contribution >= 0.6 is 0 Å². The summed E-state index contributed by atoms with van der Waals surface area (Å²) in [5.41, 5.74) is 8.19. The number of hydrogen-bond donors (Lipinski definition) is 0. The predicted molar refractivity (Wildman–Crippen MR) is 194 cm³/mol. The van der Waals surface area contributed by atoms with Crippen molar-refractivity contribution in [2.45, 2.75) is 33.9 Å². The van der Waals surface area contributed by atoms with Crippen molar-refractivity contribution in [3.8, 4) is 34.6 Å². The Labute approximate surface area is 286 Å². The number of nitrogens with zero attached hydrogens (tertiary/aromatic N) is 4. The van der Waals surface area contributed by atoms with Gasteiger partial charge < -0.3 is 9.13 Å². The van der Waals surface area contributed by atoms with E-state index in [1.807, 2.05) is 70.2 Å². The molecule has 8 aromatic rings. The third-order valence-electron chi connectivity index (χ3n) is 9.61. The first-order valence-corrected chi connectivity index (χ1v) is 16.2. The number of rotatable bonds is 3. The van der Waals surface area contributed by atoms with Gasteiger partial charge in [0.25, 0.3) is 0 Å². The predicted octanol–water partition coefficient (Wildman–Crippen LogP) is 11.5. The minimum absolute atomic E-state index is 0.0839. The molecule has 2 heterocycles. The number of aromatic nitrogens is 2. The molecule has 50 heavy (non-hydrogen) atoms. The smallest absolute Gasteiger partial charge is 0.307 e. The molecule has 0 aliphatic rings. The van der Waals surface area contributed by atoms with Gasteiger partial charge in [0.05, 0.1) is 62.3 Å². The number of hydrogen-bond acceptors (Lipinski definition) is 2. The van der Waals surface area contributed by atoms with Crippen LogP contribution in [0, 0.1) is 50.4 Å². The van der Waals surface area contributed by atoms with Crippen molar-refractivity contribution < 1.29 is 13.2 Å². The van der Waals surface area contributed by atoms with Gasteiger partial charge in [-0.15, -0.1) is 0 Å². The first-order chi connectivity index (χ1) is 24.0. The SMILES string of the molecule is Cc1ccc2c(c1)c1cc(C)ccc1n2-c1cc(C#N)c(-c2ccc(C#N)cc2C(F)(F)F)cc1-n1c2ccc(C)cc2c2cc(C)ccc21. The molecule has 0 amide bonds. The van der Waals surface area contributed by atoms with Crippen LogP contribution in [0.3, 0.4) is 0 Å². The molecule has 4 nitrogen and oxygen atoms in total. The summed E-state index contributed by atoms with van der Waals surface area (Å²) in [4.78, 5) is 0. The van der Waals surface area contributed by atoms with Crippen molar-refractivity contribution in [2.75, 3.05) is 0 Å². The second-order valence-electron chi connectivity index (χ2n) is 13.1. The van der Waals surface area contributed by atoms with Crippen LogP contribution in [-0.4, -0.2) is 9.13 Å². The minimum Gasteiger partial charge on any atom is -0.307 e. The Morgan fingerprint density at radius 1 is 0.480 bits per heavy atom. The van der Waals surface area contributed by atoms with Crippen molar-refractivity contribution in [3.05, 3.63) is 142 Å². The fourth-order valence-electron chi connectivity index (χ4n) is 7.35. The van der Waals surface area contributed by atoms with E-state index in [1.165, 1.54) is 12.1 Å². The van der Waals surface area contributed by atoms with Crippen LogP contribution in [0.2, 0.25) is 0 Å².